The molecule has 24 heavy (non-hydrogen) atoms. The van der Waals surface area contributed by atoms with Crippen LogP contribution in [-0.2, 0) is 0 Å². The van der Waals surface area contributed by atoms with Crippen molar-refractivity contribution in [1.82, 2.24) is 4.98 Å². The van der Waals surface area contributed by atoms with Crippen molar-refractivity contribution in [3.63, 3.8) is 0 Å². The average molecular weight is 328 g/mol. The molecule has 0 atom stereocenters. The molecule has 0 unspecified atom stereocenters. The minimum absolute atomic E-state index is 0.122. The van der Waals surface area contributed by atoms with Crippen LogP contribution < -0.4 is 15.1 Å². The SMILES string of the molecule is COc1cc2nc(-c3ccccc3[N+](=O)[O-])oc(=O)c2cc1OC. The molecule has 1 heterocycles. The van der Waals surface area contributed by atoms with E-state index in [1.807, 2.05) is 0 Å². The predicted molar refractivity (Wildman–Crippen MR) is 85.5 cm³/mol. The second-order valence-electron chi connectivity index (χ2n) is 4.81. The highest BCUT2D eigenvalue weighted by Crippen LogP contribution is 2.32. The molecule has 122 valence electrons. The van der Waals surface area contributed by atoms with Gasteiger partial charge < -0.3 is 13.9 Å². The molecule has 1 aromatic heterocycles. The lowest BCUT2D eigenvalue weighted by atomic mass is 10.1. The Bertz CT molecular complexity index is 996. The van der Waals surface area contributed by atoms with Gasteiger partial charge in [-0.15, -0.1) is 0 Å². The molecule has 2 aromatic carbocycles. The summed E-state index contributed by atoms with van der Waals surface area (Å²) in [5.41, 5.74) is -0.463. The van der Waals surface area contributed by atoms with E-state index in [9.17, 15) is 14.9 Å². The first-order valence-corrected chi connectivity index (χ1v) is 6.86. The van der Waals surface area contributed by atoms with E-state index in [0.717, 1.165) is 0 Å². The summed E-state index contributed by atoms with van der Waals surface area (Å²) in [6.07, 6.45) is 0. The Morgan fingerprint density at radius 2 is 1.79 bits per heavy atom. The van der Waals surface area contributed by atoms with Crippen LogP contribution >= 0.6 is 0 Å². The molecule has 8 heteroatoms. The summed E-state index contributed by atoms with van der Waals surface area (Å²) in [7, 11) is 2.90. The number of ether oxygens (including phenoxy) is 2. The normalized spacial score (nSPS) is 10.6. The first-order valence-electron chi connectivity index (χ1n) is 6.86. The van der Waals surface area contributed by atoms with Crippen LogP contribution in [0.1, 0.15) is 0 Å². The van der Waals surface area contributed by atoms with Gasteiger partial charge in [0.2, 0.25) is 5.89 Å². The van der Waals surface area contributed by atoms with Crippen LogP contribution in [0.2, 0.25) is 0 Å². The largest absolute Gasteiger partial charge is 0.493 e. The number of aromatic nitrogens is 1. The monoisotopic (exact) mass is 328 g/mol. The van der Waals surface area contributed by atoms with Gasteiger partial charge in [-0.2, -0.15) is 0 Å². The van der Waals surface area contributed by atoms with Gasteiger partial charge in [0.1, 0.15) is 5.56 Å². The number of methoxy groups -OCH3 is 2. The van der Waals surface area contributed by atoms with Gasteiger partial charge in [0.25, 0.3) is 5.69 Å². The van der Waals surface area contributed by atoms with Gasteiger partial charge in [-0.1, -0.05) is 12.1 Å². The number of nitro groups is 1. The maximum atomic E-state index is 12.2. The zero-order chi connectivity index (χ0) is 17.3. The van der Waals surface area contributed by atoms with Crippen LogP contribution in [0.5, 0.6) is 11.5 Å². The highest BCUT2D eigenvalue weighted by molar-refractivity contribution is 5.83. The highest BCUT2D eigenvalue weighted by Gasteiger charge is 2.20. The standard InChI is InChI=1S/C16H12N2O6/c1-22-13-7-10-11(8-14(13)23-2)17-15(24-16(10)19)9-5-3-4-6-12(9)18(20)21/h3-8H,1-2H3. The summed E-state index contributed by atoms with van der Waals surface area (Å²) < 4.78 is 15.5. The summed E-state index contributed by atoms with van der Waals surface area (Å²) in [4.78, 5) is 27.1. The van der Waals surface area contributed by atoms with Crippen LogP contribution in [0.25, 0.3) is 22.4 Å². The zero-order valence-corrected chi connectivity index (χ0v) is 12.8. The minimum atomic E-state index is -0.672. The van der Waals surface area contributed by atoms with Crippen LogP contribution in [0.3, 0.4) is 0 Å². The third-order valence-electron chi connectivity index (χ3n) is 3.46. The Balaban J connectivity index is 2.29. The van der Waals surface area contributed by atoms with Gasteiger partial charge >= 0.3 is 5.63 Å². The van der Waals surface area contributed by atoms with Gasteiger partial charge in [-0.3, -0.25) is 10.1 Å². The quantitative estimate of drug-likeness (QED) is 0.535. The molecule has 0 aliphatic rings. The Hall–Kier alpha value is -3.42. The van der Waals surface area contributed by atoms with Gasteiger partial charge in [-0.25, -0.2) is 9.78 Å². The first-order chi connectivity index (χ1) is 11.5. The molecule has 0 N–H and O–H groups in total. The van der Waals surface area contributed by atoms with E-state index >= 15 is 0 Å². The molecule has 0 amide bonds. The predicted octanol–water partition coefficient (Wildman–Crippen LogP) is 2.78. The fraction of sp³-hybridized carbons (Fsp3) is 0.125. The van der Waals surface area contributed by atoms with E-state index in [4.69, 9.17) is 13.9 Å². The third-order valence-corrected chi connectivity index (χ3v) is 3.46. The van der Waals surface area contributed by atoms with Gasteiger partial charge in [-0.05, 0) is 6.07 Å². The molecule has 8 nitrogen and oxygen atoms in total. The van der Waals surface area contributed by atoms with Crippen molar-refractivity contribution in [2.24, 2.45) is 0 Å². The summed E-state index contributed by atoms with van der Waals surface area (Å²) in [5, 5.41) is 11.3. The molecule has 0 spiro atoms. The molecule has 3 aromatic rings. The Morgan fingerprint density at radius 3 is 2.46 bits per heavy atom. The lowest BCUT2D eigenvalue weighted by Gasteiger charge is -2.08. The number of hydrogen-bond donors (Lipinski definition) is 0. The molecular weight excluding hydrogens is 316 g/mol. The smallest absolute Gasteiger partial charge is 0.347 e. The number of nitrogens with zero attached hydrogens (tertiary/aromatic N) is 2. The first kappa shape index (κ1) is 15.5. The summed E-state index contributed by atoms with van der Waals surface area (Å²) >= 11 is 0. The molecule has 0 radical (unpaired) electrons. The number of hydrogen-bond acceptors (Lipinski definition) is 7. The molecule has 0 saturated heterocycles. The number of rotatable bonds is 4. The molecule has 0 bridgehead atoms. The topological polar surface area (TPSA) is 105 Å². The maximum absolute atomic E-state index is 12.2. The second kappa shape index (κ2) is 5.99. The van der Waals surface area contributed by atoms with Gasteiger partial charge in [0, 0.05) is 18.2 Å². The zero-order valence-electron chi connectivity index (χ0n) is 12.8. The summed E-state index contributed by atoms with van der Waals surface area (Å²) in [6.45, 7) is 0. The number of nitro benzene ring substituents is 1. The summed E-state index contributed by atoms with van der Waals surface area (Å²) in [6, 6.07) is 8.88. The van der Waals surface area contributed by atoms with E-state index < -0.39 is 10.5 Å². The Kier molecular flexibility index (Phi) is 3.87. The van der Waals surface area contributed by atoms with Crippen molar-refractivity contribution in [1.29, 1.82) is 0 Å². The minimum Gasteiger partial charge on any atom is -0.493 e. The number of para-hydroxylation sites is 1. The molecule has 3 rings (SSSR count). The third kappa shape index (κ3) is 2.54. The maximum Gasteiger partial charge on any atom is 0.347 e. The van der Waals surface area contributed by atoms with Crippen LogP contribution in [-0.4, -0.2) is 24.1 Å². The van der Waals surface area contributed by atoms with Crippen molar-refractivity contribution in [2.45, 2.75) is 0 Å². The van der Waals surface area contributed by atoms with E-state index in [1.54, 1.807) is 6.07 Å². The van der Waals surface area contributed by atoms with E-state index in [1.165, 1.54) is 44.6 Å². The van der Waals surface area contributed by atoms with Crippen molar-refractivity contribution >= 4 is 16.6 Å². The van der Waals surface area contributed by atoms with Crippen LogP contribution in [0, 0.1) is 10.1 Å². The van der Waals surface area contributed by atoms with E-state index in [2.05, 4.69) is 4.98 Å². The Morgan fingerprint density at radius 1 is 1.12 bits per heavy atom. The molecule has 0 saturated carbocycles. The number of fused-ring (bicyclic) bond motifs is 1. The van der Waals surface area contributed by atoms with Gasteiger partial charge in [0.15, 0.2) is 11.5 Å². The second-order valence-corrected chi connectivity index (χ2v) is 4.81. The fourth-order valence-electron chi connectivity index (χ4n) is 2.33. The highest BCUT2D eigenvalue weighted by atomic mass is 16.6. The average Bonchev–Trinajstić information content (AvgIpc) is 2.60. The lowest BCUT2D eigenvalue weighted by Crippen LogP contribution is -2.05. The molecular formula is C16H12N2O6. The van der Waals surface area contributed by atoms with Crippen LogP contribution in [0.4, 0.5) is 5.69 Å². The van der Waals surface area contributed by atoms with Gasteiger partial charge in [0.05, 0.1) is 30.0 Å². The molecule has 0 fully saturated rings. The van der Waals surface area contributed by atoms with Crippen LogP contribution in [0.15, 0.2) is 45.6 Å². The fourth-order valence-corrected chi connectivity index (χ4v) is 2.33. The lowest BCUT2D eigenvalue weighted by molar-refractivity contribution is -0.384. The van der Waals surface area contributed by atoms with Crippen molar-refractivity contribution < 1.29 is 18.8 Å². The Labute approximate surface area is 135 Å². The molecule has 0 aliphatic heterocycles. The molecule has 0 aliphatic carbocycles. The van der Waals surface area contributed by atoms with Crippen molar-refractivity contribution in [2.75, 3.05) is 14.2 Å². The number of benzene rings is 2. The van der Waals surface area contributed by atoms with E-state index in [0.29, 0.717) is 11.5 Å². The van der Waals surface area contributed by atoms with Crippen molar-refractivity contribution in [3.8, 4) is 23.0 Å². The van der Waals surface area contributed by atoms with E-state index in [-0.39, 0.29) is 28.0 Å². The van der Waals surface area contributed by atoms with Crippen molar-refractivity contribution in [3.05, 3.63) is 56.9 Å². The summed E-state index contributed by atoms with van der Waals surface area (Å²) in [5.74, 6) is 0.612.